The van der Waals surface area contributed by atoms with Gasteiger partial charge in [0.05, 0.1) is 18.3 Å². The van der Waals surface area contributed by atoms with Gasteiger partial charge >= 0.3 is 12.2 Å². The van der Waals surface area contributed by atoms with Crippen LogP contribution in [0.4, 0.5) is 23.7 Å². The number of urea groups is 1. The number of carbonyl (C=O) groups excluding carboxylic acids is 1. The van der Waals surface area contributed by atoms with Gasteiger partial charge in [0.1, 0.15) is 5.69 Å². The third kappa shape index (κ3) is 3.75. The lowest BCUT2D eigenvalue weighted by Crippen LogP contribution is -2.46. The summed E-state index contributed by atoms with van der Waals surface area (Å²) in [6.07, 6.45) is -4.20. The van der Waals surface area contributed by atoms with Gasteiger partial charge in [-0.05, 0) is 13.0 Å². The van der Waals surface area contributed by atoms with Crippen LogP contribution in [0.2, 0.25) is 0 Å². The molecule has 1 aliphatic heterocycles. The Morgan fingerprint density at radius 3 is 2.86 bits per heavy atom. The number of H-pyrrole nitrogens is 1. The molecule has 9 heteroatoms. The second-order valence-corrected chi connectivity index (χ2v) is 4.69. The molecule has 0 unspecified atom stereocenters. The fourth-order valence-corrected chi connectivity index (χ4v) is 1.94. The van der Waals surface area contributed by atoms with Gasteiger partial charge in [-0.25, -0.2) is 4.79 Å². The van der Waals surface area contributed by atoms with Crippen LogP contribution in [0.15, 0.2) is 17.1 Å². The number of halogens is 3. The van der Waals surface area contributed by atoms with E-state index in [1.807, 2.05) is 4.98 Å². The highest BCUT2D eigenvalue weighted by atomic mass is 19.4. The molecule has 0 bridgehead atoms. The van der Waals surface area contributed by atoms with E-state index < -0.39 is 29.0 Å². The molecule has 0 saturated carbocycles. The number of alkyl halides is 3. The molecule has 0 radical (unpaired) electrons. The van der Waals surface area contributed by atoms with Crippen LogP contribution in [0.1, 0.15) is 12.5 Å². The zero-order valence-corrected chi connectivity index (χ0v) is 11.2. The van der Waals surface area contributed by atoms with Gasteiger partial charge in [-0.15, -0.1) is 0 Å². The lowest BCUT2D eigenvalue weighted by molar-refractivity contribution is -0.137. The van der Waals surface area contributed by atoms with Crippen molar-refractivity contribution >= 4 is 11.7 Å². The molecule has 1 aromatic heterocycles. The number of rotatable bonds is 1. The molecule has 116 valence electrons. The maximum Gasteiger partial charge on any atom is 0.417 e. The van der Waals surface area contributed by atoms with E-state index in [0.29, 0.717) is 32.0 Å². The van der Waals surface area contributed by atoms with E-state index in [1.54, 1.807) is 6.92 Å². The number of hydrogen-bond acceptors (Lipinski definition) is 3. The molecule has 2 rings (SSSR count). The van der Waals surface area contributed by atoms with Crippen LogP contribution in [0.25, 0.3) is 0 Å². The molecule has 2 heterocycles. The maximum atomic E-state index is 12.6. The van der Waals surface area contributed by atoms with E-state index in [4.69, 9.17) is 4.74 Å². The summed E-state index contributed by atoms with van der Waals surface area (Å²) in [5.41, 5.74) is -2.26. The van der Waals surface area contributed by atoms with Gasteiger partial charge in [0.25, 0.3) is 5.56 Å². The molecule has 21 heavy (non-hydrogen) atoms. The van der Waals surface area contributed by atoms with Gasteiger partial charge in [-0.1, -0.05) is 0 Å². The normalized spacial score (nSPS) is 19.4. The number of amides is 2. The molecular formula is C12H14F3N3O3. The number of pyridine rings is 1. The summed E-state index contributed by atoms with van der Waals surface area (Å²) in [5, 5.41) is 2.20. The first-order chi connectivity index (χ1) is 9.77. The van der Waals surface area contributed by atoms with Gasteiger partial charge in [0.2, 0.25) is 0 Å². The minimum absolute atomic E-state index is 0.163. The average Bonchev–Trinajstić information content (AvgIpc) is 2.40. The topological polar surface area (TPSA) is 74.4 Å². The Morgan fingerprint density at radius 2 is 2.24 bits per heavy atom. The first-order valence-electron chi connectivity index (χ1n) is 6.25. The Labute approximate surface area is 117 Å². The van der Waals surface area contributed by atoms with E-state index >= 15 is 0 Å². The predicted octanol–water partition coefficient (Wildman–Crippen LogP) is 1.65. The summed E-state index contributed by atoms with van der Waals surface area (Å²) in [5.74, 6) is 0. The quantitative estimate of drug-likeness (QED) is 0.828. The number of aromatic amines is 1. The van der Waals surface area contributed by atoms with Crippen LogP contribution in [-0.4, -0.2) is 41.7 Å². The molecule has 1 atom stereocenters. The highest BCUT2D eigenvalue weighted by Gasteiger charge is 2.32. The second-order valence-electron chi connectivity index (χ2n) is 4.69. The molecule has 2 amide bonds. The van der Waals surface area contributed by atoms with Crippen molar-refractivity contribution in [2.24, 2.45) is 0 Å². The van der Waals surface area contributed by atoms with Crippen molar-refractivity contribution in [2.45, 2.75) is 19.2 Å². The summed E-state index contributed by atoms with van der Waals surface area (Å²) in [6, 6.07) is -0.0179. The minimum Gasteiger partial charge on any atom is -0.375 e. The molecule has 0 aliphatic carbocycles. The largest absolute Gasteiger partial charge is 0.417 e. The number of morpholine rings is 1. The first-order valence-corrected chi connectivity index (χ1v) is 6.25. The highest BCUT2D eigenvalue weighted by molar-refractivity contribution is 5.89. The molecule has 0 spiro atoms. The Balaban J connectivity index is 2.15. The minimum atomic E-state index is -4.60. The number of carbonyl (C=O) groups is 1. The Hall–Kier alpha value is -2.03. The van der Waals surface area contributed by atoms with Gasteiger partial charge in [-0.2, -0.15) is 13.2 Å². The van der Waals surface area contributed by atoms with Crippen LogP contribution < -0.4 is 10.9 Å². The van der Waals surface area contributed by atoms with Crippen LogP contribution in [0, 0.1) is 0 Å². The van der Waals surface area contributed by atoms with E-state index in [9.17, 15) is 22.8 Å². The standard InChI is InChI=1S/C12H14F3N3O3/c1-7-6-18(2-3-21-7)11(20)17-9-4-8(12(13,14)15)5-16-10(9)19/h4-5,7H,2-3,6H2,1H3,(H,16,19)(H,17,20)/t7-/m0/s1. The van der Waals surface area contributed by atoms with E-state index in [0.717, 1.165) is 0 Å². The Kier molecular flexibility index (Phi) is 4.21. The molecule has 0 aromatic carbocycles. The van der Waals surface area contributed by atoms with Crippen molar-refractivity contribution in [3.8, 4) is 0 Å². The zero-order chi connectivity index (χ0) is 15.6. The molecule has 6 nitrogen and oxygen atoms in total. The molecule has 1 aromatic rings. The third-order valence-corrected chi connectivity index (χ3v) is 3.00. The molecule has 1 saturated heterocycles. The lowest BCUT2D eigenvalue weighted by atomic mass is 10.2. The van der Waals surface area contributed by atoms with Crippen molar-refractivity contribution in [3.63, 3.8) is 0 Å². The van der Waals surface area contributed by atoms with Crippen molar-refractivity contribution in [1.29, 1.82) is 0 Å². The van der Waals surface area contributed by atoms with E-state index in [2.05, 4.69) is 5.32 Å². The Morgan fingerprint density at radius 1 is 1.52 bits per heavy atom. The van der Waals surface area contributed by atoms with Crippen LogP contribution in [0.3, 0.4) is 0 Å². The zero-order valence-electron chi connectivity index (χ0n) is 11.2. The number of hydrogen-bond donors (Lipinski definition) is 2. The summed E-state index contributed by atoms with van der Waals surface area (Å²) in [7, 11) is 0. The molecule has 2 N–H and O–H groups in total. The van der Waals surface area contributed by atoms with Crippen molar-refractivity contribution in [3.05, 3.63) is 28.2 Å². The maximum absolute atomic E-state index is 12.6. The molecular weight excluding hydrogens is 291 g/mol. The molecule has 1 fully saturated rings. The van der Waals surface area contributed by atoms with Gasteiger partial charge in [0, 0.05) is 19.3 Å². The number of aromatic nitrogens is 1. The Bertz CT molecular complexity index is 585. The third-order valence-electron chi connectivity index (χ3n) is 3.00. The summed E-state index contributed by atoms with van der Waals surface area (Å²) < 4.78 is 43.0. The summed E-state index contributed by atoms with van der Waals surface area (Å²) in [6.45, 7) is 2.74. The monoisotopic (exact) mass is 305 g/mol. The number of anilines is 1. The fraction of sp³-hybridized carbons (Fsp3) is 0.500. The predicted molar refractivity (Wildman–Crippen MR) is 68.1 cm³/mol. The average molecular weight is 305 g/mol. The van der Waals surface area contributed by atoms with Crippen molar-refractivity contribution < 1.29 is 22.7 Å². The number of nitrogens with zero attached hydrogens (tertiary/aromatic N) is 1. The summed E-state index contributed by atoms with van der Waals surface area (Å²) in [4.78, 5) is 26.8. The van der Waals surface area contributed by atoms with Crippen molar-refractivity contribution in [1.82, 2.24) is 9.88 Å². The highest BCUT2D eigenvalue weighted by Crippen LogP contribution is 2.29. The lowest BCUT2D eigenvalue weighted by Gasteiger charge is -2.31. The number of ether oxygens (including phenoxy) is 1. The second kappa shape index (κ2) is 5.76. The molecule has 1 aliphatic rings. The smallest absolute Gasteiger partial charge is 0.375 e. The van der Waals surface area contributed by atoms with Crippen LogP contribution in [-0.2, 0) is 10.9 Å². The van der Waals surface area contributed by atoms with Gasteiger partial charge in [0.15, 0.2) is 0 Å². The summed E-state index contributed by atoms with van der Waals surface area (Å²) >= 11 is 0. The first kappa shape index (κ1) is 15.4. The van der Waals surface area contributed by atoms with Crippen molar-refractivity contribution in [2.75, 3.05) is 25.0 Å². The van der Waals surface area contributed by atoms with E-state index in [-0.39, 0.29) is 6.10 Å². The van der Waals surface area contributed by atoms with Crippen LogP contribution >= 0.6 is 0 Å². The van der Waals surface area contributed by atoms with E-state index in [1.165, 1.54) is 4.90 Å². The number of nitrogens with one attached hydrogen (secondary N) is 2. The van der Waals surface area contributed by atoms with Gasteiger partial charge in [-0.3, -0.25) is 4.79 Å². The van der Waals surface area contributed by atoms with Crippen LogP contribution in [0.5, 0.6) is 0 Å². The SMILES string of the molecule is C[C@H]1CN(C(=O)Nc2cc(C(F)(F)F)c[nH]c2=O)CCO1. The van der Waals surface area contributed by atoms with Gasteiger partial charge < -0.3 is 19.9 Å². The fourth-order valence-electron chi connectivity index (χ4n) is 1.94.